The molecule has 1 amide bonds. The molecule has 0 atom stereocenters. The van der Waals surface area contributed by atoms with Gasteiger partial charge < -0.3 is 5.32 Å². The molecule has 28 heavy (non-hydrogen) atoms. The van der Waals surface area contributed by atoms with Crippen LogP contribution in [0.25, 0.3) is 12.2 Å². The Labute approximate surface area is 165 Å². The van der Waals surface area contributed by atoms with Crippen molar-refractivity contribution in [1.82, 2.24) is 5.32 Å². The van der Waals surface area contributed by atoms with Gasteiger partial charge in [-0.3, -0.25) is 9.59 Å². The molecule has 1 N–H and O–H groups in total. The summed E-state index contributed by atoms with van der Waals surface area (Å²) in [6, 6.07) is 28.5. The number of amides is 1. The van der Waals surface area contributed by atoms with Gasteiger partial charge in [0, 0.05) is 12.5 Å². The van der Waals surface area contributed by atoms with E-state index in [1.807, 2.05) is 91.0 Å². The van der Waals surface area contributed by atoms with E-state index in [1.165, 1.54) is 6.08 Å². The van der Waals surface area contributed by atoms with Crippen molar-refractivity contribution in [3.05, 3.63) is 119 Å². The van der Waals surface area contributed by atoms with Gasteiger partial charge in [-0.15, -0.1) is 0 Å². The van der Waals surface area contributed by atoms with Gasteiger partial charge >= 0.3 is 0 Å². The number of ketones is 1. The molecule has 0 saturated carbocycles. The molecule has 0 bridgehead atoms. The lowest BCUT2D eigenvalue weighted by Gasteiger charge is -2.08. The van der Waals surface area contributed by atoms with Crippen molar-refractivity contribution in [3.8, 4) is 0 Å². The van der Waals surface area contributed by atoms with E-state index in [0.717, 1.165) is 16.7 Å². The Morgan fingerprint density at radius 1 is 0.714 bits per heavy atom. The van der Waals surface area contributed by atoms with Crippen molar-refractivity contribution in [2.24, 2.45) is 0 Å². The fourth-order valence-corrected chi connectivity index (χ4v) is 2.69. The van der Waals surface area contributed by atoms with E-state index in [9.17, 15) is 9.59 Å². The first-order valence-electron chi connectivity index (χ1n) is 9.09. The third-order valence-corrected chi connectivity index (χ3v) is 4.10. The molecule has 0 aliphatic rings. The number of rotatable bonds is 7. The van der Waals surface area contributed by atoms with Crippen molar-refractivity contribution in [1.29, 1.82) is 0 Å². The highest BCUT2D eigenvalue weighted by molar-refractivity contribution is 6.06. The van der Waals surface area contributed by atoms with Crippen molar-refractivity contribution < 1.29 is 9.59 Å². The van der Waals surface area contributed by atoms with Crippen LogP contribution in [0.2, 0.25) is 0 Å². The summed E-state index contributed by atoms with van der Waals surface area (Å²) in [4.78, 5) is 25.2. The summed E-state index contributed by atoms with van der Waals surface area (Å²) in [7, 11) is 0. The molecule has 0 heterocycles. The minimum Gasteiger partial charge on any atom is -0.319 e. The Morgan fingerprint density at radius 3 is 1.86 bits per heavy atom. The van der Waals surface area contributed by atoms with Gasteiger partial charge in [0.25, 0.3) is 0 Å². The molecule has 0 aliphatic carbocycles. The topological polar surface area (TPSA) is 46.2 Å². The molecule has 3 nitrogen and oxygen atoms in total. The zero-order valence-corrected chi connectivity index (χ0v) is 15.4. The van der Waals surface area contributed by atoms with E-state index in [4.69, 9.17) is 0 Å². The fraction of sp³-hybridized carbons (Fsp3) is 0.0400. The van der Waals surface area contributed by atoms with Crippen LogP contribution in [0.15, 0.2) is 103 Å². The van der Waals surface area contributed by atoms with E-state index in [-0.39, 0.29) is 23.8 Å². The average molecular weight is 367 g/mol. The summed E-state index contributed by atoms with van der Waals surface area (Å²) in [5.74, 6) is -0.482. The lowest BCUT2D eigenvalue weighted by atomic mass is 10.1. The Kier molecular flexibility index (Phi) is 6.69. The number of carbonyl (C=O) groups excluding carboxylic acids is 2. The maximum atomic E-state index is 12.8. The van der Waals surface area contributed by atoms with Crippen molar-refractivity contribution in [3.63, 3.8) is 0 Å². The van der Waals surface area contributed by atoms with E-state index >= 15 is 0 Å². The smallest absolute Gasteiger partial charge is 0.248 e. The second-order valence-electron chi connectivity index (χ2n) is 6.29. The number of benzene rings is 3. The van der Waals surface area contributed by atoms with Crippen molar-refractivity contribution in [2.45, 2.75) is 6.42 Å². The van der Waals surface area contributed by atoms with Gasteiger partial charge in [-0.1, -0.05) is 91.0 Å². The molecule has 0 aliphatic heterocycles. The number of hydrogen-bond acceptors (Lipinski definition) is 2. The predicted octanol–water partition coefficient (Wildman–Crippen LogP) is 4.67. The van der Waals surface area contributed by atoms with E-state index < -0.39 is 0 Å². The van der Waals surface area contributed by atoms with Gasteiger partial charge in [0.15, 0.2) is 5.78 Å². The first kappa shape index (κ1) is 19.1. The summed E-state index contributed by atoms with van der Waals surface area (Å²) in [6.07, 6.45) is 5.09. The third-order valence-electron chi connectivity index (χ3n) is 4.10. The Hall–Kier alpha value is -3.72. The number of hydrogen-bond donors (Lipinski definition) is 1. The van der Waals surface area contributed by atoms with E-state index in [0.29, 0.717) is 0 Å². The number of Topliss-reactive ketones (excluding diaryl/α,β-unsaturated/α-hetero) is 1. The van der Waals surface area contributed by atoms with Gasteiger partial charge in [-0.05, 0) is 28.8 Å². The molecule has 138 valence electrons. The van der Waals surface area contributed by atoms with Gasteiger partial charge in [0.1, 0.15) is 0 Å². The quantitative estimate of drug-likeness (QED) is 0.617. The lowest BCUT2D eigenvalue weighted by Crippen LogP contribution is -2.26. The van der Waals surface area contributed by atoms with Crippen LogP contribution in [0.3, 0.4) is 0 Å². The normalized spacial score (nSPS) is 11.4. The molecule has 0 saturated heterocycles. The monoisotopic (exact) mass is 367 g/mol. The van der Waals surface area contributed by atoms with Gasteiger partial charge in [0.05, 0.1) is 5.70 Å². The Morgan fingerprint density at radius 2 is 1.25 bits per heavy atom. The largest absolute Gasteiger partial charge is 0.319 e. The lowest BCUT2D eigenvalue weighted by molar-refractivity contribution is -0.119. The minimum atomic E-state index is -0.340. The van der Waals surface area contributed by atoms with Crippen LogP contribution in [-0.4, -0.2) is 11.7 Å². The summed E-state index contributed by atoms with van der Waals surface area (Å²) < 4.78 is 0. The Bertz CT molecular complexity index is 975. The number of allylic oxidation sites excluding steroid dienone is 1. The van der Waals surface area contributed by atoms with E-state index in [2.05, 4.69) is 5.32 Å². The third kappa shape index (κ3) is 5.92. The molecule has 0 fully saturated rings. The molecule has 3 aromatic carbocycles. The number of carbonyl (C=O) groups is 2. The molecule has 3 aromatic rings. The van der Waals surface area contributed by atoms with Crippen molar-refractivity contribution >= 4 is 23.8 Å². The van der Waals surface area contributed by atoms with Crippen molar-refractivity contribution in [2.75, 3.05) is 0 Å². The minimum absolute atomic E-state index is 0.142. The summed E-state index contributed by atoms with van der Waals surface area (Å²) in [5.41, 5.74) is 2.95. The molecule has 0 spiro atoms. The van der Waals surface area contributed by atoms with Crippen LogP contribution in [0.4, 0.5) is 0 Å². The maximum Gasteiger partial charge on any atom is 0.248 e. The molecule has 3 heteroatoms. The van der Waals surface area contributed by atoms with Gasteiger partial charge in [-0.2, -0.15) is 0 Å². The number of nitrogens with one attached hydrogen (secondary N) is 1. The predicted molar refractivity (Wildman–Crippen MR) is 113 cm³/mol. The first-order valence-corrected chi connectivity index (χ1v) is 9.09. The highest BCUT2D eigenvalue weighted by atomic mass is 16.2. The second-order valence-corrected chi connectivity index (χ2v) is 6.29. The average Bonchev–Trinajstić information content (AvgIpc) is 2.74. The van der Waals surface area contributed by atoms with Crippen LogP contribution in [0.5, 0.6) is 0 Å². The van der Waals surface area contributed by atoms with Crippen LogP contribution in [-0.2, 0) is 16.0 Å². The summed E-state index contributed by atoms with van der Waals surface area (Å²) >= 11 is 0. The van der Waals surface area contributed by atoms with Crippen LogP contribution in [0, 0.1) is 0 Å². The molecular weight excluding hydrogens is 346 g/mol. The SMILES string of the molecule is O=C(/C=C/c1ccccc1)N/C(=C\c1ccccc1)C(=O)Cc1ccccc1. The summed E-state index contributed by atoms with van der Waals surface area (Å²) in [6.45, 7) is 0. The molecule has 0 unspecified atom stereocenters. The fourth-order valence-electron chi connectivity index (χ4n) is 2.69. The summed E-state index contributed by atoms with van der Waals surface area (Å²) in [5, 5.41) is 2.74. The molecule has 0 aromatic heterocycles. The zero-order chi connectivity index (χ0) is 19.6. The highest BCUT2D eigenvalue weighted by Gasteiger charge is 2.13. The molecule has 3 rings (SSSR count). The standard InChI is InChI=1S/C25H21NO2/c27-24(19-22-14-8-3-9-15-22)23(18-21-12-6-2-7-13-21)26-25(28)17-16-20-10-4-1-5-11-20/h1-18H,19H2,(H,26,28)/b17-16+,23-18-. The van der Waals surface area contributed by atoms with E-state index in [1.54, 1.807) is 12.2 Å². The van der Waals surface area contributed by atoms with Crippen LogP contribution < -0.4 is 5.32 Å². The molecule has 0 radical (unpaired) electrons. The maximum absolute atomic E-state index is 12.8. The zero-order valence-electron chi connectivity index (χ0n) is 15.4. The van der Waals surface area contributed by atoms with Gasteiger partial charge in [-0.25, -0.2) is 0 Å². The highest BCUT2D eigenvalue weighted by Crippen LogP contribution is 2.10. The van der Waals surface area contributed by atoms with Crippen LogP contribution in [0.1, 0.15) is 16.7 Å². The van der Waals surface area contributed by atoms with Crippen LogP contribution >= 0.6 is 0 Å². The molecular formula is C25H21NO2. The second kappa shape index (κ2) is 9.83. The Balaban J connectivity index is 1.78. The van der Waals surface area contributed by atoms with Gasteiger partial charge in [0.2, 0.25) is 5.91 Å². The first-order chi connectivity index (χ1) is 13.7.